The van der Waals surface area contributed by atoms with Crippen molar-refractivity contribution in [2.75, 3.05) is 0 Å². The van der Waals surface area contributed by atoms with Crippen molar-refractivity contribution in [3.8, 4) is 0 Å². The highest BCUT2D eigenvalue weighted by Crippen LogP contribution is 2.10. The molecule has 0 unspecified atom stereocenters. The Morgan fingerprint density at radius 1 is 1.20 bits per heavy atom. The van der Waals surface area contributed by atoms with Gasteiger partial charge in [-0.25, -0.2) is 4.68 Å². The van der Waals surface area contributed by atoms with Crippen LogP contribution in [0.15, 0.2) is 0 Å². The Hall–Kier alpha value is -0.900. The van der Waals surface area contributed by atoms with Crippen molar-refractivity contribution in [3.05, 3.63) is 11.4 Å². The van der Waals surface area contributed by atoms with Crippen LogP contribution in [0.3, 0.4) is 0 Å². The van der Waals surface area contributed by atoms with Gasteiger partial charge in [0.2, 0.25) is 0 Å². The summed E-state index contributed by atoms with van der Waals surface area (Å²) < 4.78 is 2.03. The fraction of sp³-hybridized carbons (Fsp3) is 0.818. The van der Waals surface area contributed by atoms with Gasteiger partial charge in [-0.3, -0.25) is 0 Å². The molecular formula is C11H22N4. The molecule has 1 heterocycles. The molecule has 0 aliphatic rings. The van der Waals surface area contributed by atoms with Crippen LogP contribution in [-0.4, -0.2) is 15.0 Å². The maximum absolute atomic E-state index is 5.65. The third-order valence-corrected chi connectivity index (χ3v) is 2.60. The Morgan fingerprint density at radius 2 is 1.93 bits per heavy atom. The minimum absolute atomic E-state index is 0.505. The molecular weight excluding hydrogens is 188 g/mol. The average molecular weight is 210 g/mol. The predicted molar refractivity (Wildman–Crippen MR) is 61.4 cm³/mol. The third kappa shape index (κ3) is 3.30. The van der Waals surface area contributed by atoms with E-state index >= 15 is 0 Å². The van der Waals surface area contributed by atoms with Gasteiger partial charge in [-0.2, -0.15) is 0 Å². The van der Waals surface area contributed by atoms with Gasteiger partial charge >= 0.3 is 0 Å². The van der Waals surface area contributed by atoms with Gasteiger partial charge in [0.25, 0.3) is 0 Å². The van der Waals surface area contributed by atoms with E-state index in [0.717, 1.165) is 25.1 Å². The van der Waals surface area contributed by atoms with Gasteiger partial charge in [0.05, 0.1) is 11.4 Å². The first-order valence-electron chi connectivity index (χ1n) is 5.94. The van der Waals surface area contributed by atoms with E-state index in [-0.39, 0.29) is 0 Å². The van der Waals surface area contributed by atoms with Crippen molar-refractivity contribution in [1.82, 2.24) is 15.0 Å². The first-order valence-corrected chi connectivity index (χ1v) is 5.94. The summed E-state index contributed by atoms with van der Waals surface area (Å²) in [5, 5.41) is 8.29. The molecule has 4 nitrogen and oxygen atoms in total. The molecule has 0 amide bonds. The average Bonchev–Trinajstić information content (AvgIpc) is 2.65. The minimum atomic E-state index is 0.505. The minimum Gasteiger partial charge on any atom is -0.325 e. The zero-order valence-electron chi connectivity index (χ0n) is 9.87. The number of rotatable bonds is 7. The molecule has 0 spiro atoms. The zero-order valence-corrected chi connectivity index (χ0v) is 9.87. The predicted octanol–water partition coefficient (Wildman–Crippen LogP) is 1.88. The first-order chi connectivity index (χ1) is 7.33. The van der Waals surface area contributed by atoms with Crippen LogP contribution in [0.2, 0.25) is 0 Å². The third-order valence-electron chi connectivity index (χ3n) is 2.60. The summed E-state index contributed by atoms with van der Waals surface area (Å²) in [6.45, 7) is 5.86. The molecule has 1 rings (SSSR count). The number of aryl methyl sites for hydroxylation is 1. The molecule has 0 bridgehead atoms. The van der Waals surface area contributed by atoms with Crippen LogP contribution in [0.25, 0.3) is 0 Å². The van der Waals surface area contributed by atoms with Crippen LogP contribution in [0.1, 0.15) is 50.9 Å². The molecule has 0 aromatic carbocycles. The monoisotopic (exact) mass is 210 g/mol. The van der Waals surface area contributed by atoms with E-state index in [1.807, 2.05) is 4.68 Å². The summed E-state index contributed by atoms with van der Waals surface area (Å²) in [5.41, 5.74) is 7.86. The Bertz CT molecular complexity index is 280. The lowest BCUT2D eigenvalue weighted by Gasteiger charge is -2.06. The second kappa shape index (κ2) is 6.56. The number of hydrogen-bond acceptors (Lipinski definition) is 3. The van der Waals surface area contributed by atoms with Crippen LogP contribution < -0.4 is 5.73 Å². The summed E-state index contributed by atoms with van der Waals surface area (Å²) in [7, 11) is 0. The Balaban J connectivity index is 2.70. The lowest BCUT2D eigenvalue weighted by Crippen LogP contribution is -2.08. The number of aromatic nitrogens is 3. The molecule has 0 aliphatic heterocycles. The highest BCUT2D eigenvalue weighted by atomic mass is 15.4. The Kier molecular flexibility index (Phi) is 5.32. The maximum atomic E-state index is 5.65. The highest BCUT2D eigenvalue weighted by Gasteiger charge is 2.10. The van der Waals surface area contributed by atoms with Crippen molar-refractivity contribution in [1.29, 1.82) is 0 Å². The highest BCUT2D eigenvalue weighted by molar-refractivity contribution is 5.09. The van der Waals surface area contributed by atoms with Crippen LogP contribution in [0.4, 0.5) is 0 Å². The molecule has 1 aromatic heterocycles. The fourth-order valence-corrected chi connectivity index (χ4v) is 1.63. The molecule has 0 atom stereocenters. The molecule has 86 valence electrons. The second-order valence-electron chi connectivity index (χ2n) is 3.87. The van der Waals surface area contributed by atoms with Crippen LogP contribution in [-0.2, 0) is 19.5 Å². The summed E-state index contributed by atoms with van der Waals surface area (Å²) >= 11 is 0. The van der Waals surface area contributed by atoms with Crippen LogP contribution >= 0.6 is 0 Å². The number of hydrogen-bond donors (Lipinski definition) is 1. The smallest absolute Gasteiger partial charge is 0.0994 e. The number of nitrogens with two attached hydrogens (primary N) is 1. The topological polar surface area (TPSA) is 56.7 Å². The summed E-state index contributed by atoms with van der Waals surface area (Å²) in [6, 6.07) is 0. The lowest BCUT2D eigenvalue weighted by atomic mass is 10.1. The van der Waals surface area contributed by atoms with Gasteiger partial charge in [0.1, 0.15) is 0 Å². The lowest BCUT2D eigenvalue weighted by molar-refractivity contribution is 0.528. The van der Waals surface area contributed by atoms with Crippen molar-refractivity contribution in [2.24, 2.45) is 5.73 Å². The number of nitrogens with zero attached hydrogens (tertiary/aromatic N) is 3. The van der Waals surface area contributed by atoms with E-state index in [2.05, 4.69) is 24.2 Å². The van der Waals surface area contributed by atoms with Gasteiger partial charge in [0, 0.05) is 13.1 Å². The molecule has 0 fully saturated rings. The van der Waals surface area contributed by atoms with Gasteiger partial charge in [-0.1, -0.05) is 31.9 Å². The Labute approximate surface area is 91.9 Å². The fourth-order valence-electron chi connectivity index (χ4n) is 1.63. The van der Waals surface area contributed by atoms with Crippen molar-refractivity contribution >= 4 is 0 Å². The first kappa shape index (κ1) is 12.2. The van der Waals surface area contributed by atoms with E-state index in [0.29, 0.717) is 6.54 Å². The van der Waals surface area contributed by atoms with Crippen molar-refractivity contribution < 1.29 is 0 Å². The molecule has 4 heteroatoms. The molecule has 1 aromatic rings. The van der Waals surface area contributed by atoms with Gasteiger partial charge in [-0.15, -0.1) is 5.10 Å². The van der Waals surface area contributed by atoms with Crippen LogP contribution in [0.5, 0.6) is 0 Å². The van der Waals surface area contributed by atoms with E-state index in [1.54, 1.807) is 0 Å². The van der Waals surface area contributed by atoms with E-state index in [1.165, 1.54) is 25.0 Å². The molecule has 0 aliphatic carbocycles. The molecule has 2 N–H and O–H groups in total. The standard InChI is InChI=1S/C11H22N4/c1-3-5-7-11-10(9-12)13-14-15(11)8-6-4-2/h3-9,12H2,1-2H3. The summed E-state index contributed by atoms with van der Waals surface area (Å²) in [6.07, 6.45) is 5.78. The van der Waals surface area contributed by atoms with Crippen molar-refractivity contribution in [2.45, 2.75) is 59.0 Å². The van der Waals surface area contributed by atoms with Gasteiger partial charge < -0.3 is 5.73 Å². The van der Waals surface area contributed by atoms with E-state index in [9.17, 15) is 0 Å². The SMILES string of the molecule is CCCCc1c(CN)nnn1CCCC. The molecule has 0 saturated heterocycles. The van der Waals surface area contributed by atoms with Crippen LogP contribution in [0, 0.1) is 0 Å². The largest absolute Gasteiger partial charge is 0.325 e. The molecule has 15 heavy (non-hydrogen) atoms. The van der Waals surface area contributed by atoms with E-state index < -0.39 is 0 Å². The molecule has 0 saturated carbocycles. The summed E-state index contributed by atoms with van der Waals surface area (Å²) in [5.74, 6) is 0. The zero-order chi connectivity index (χ0) is 11.1. The van der Waals surface area contributed by atoms with E-state index in [4.69, 9.17) is 5.73 Å². The van der Waals surface area contributed by atoms with Gasteiger partial charge in [-0.05, 0) is 19.3 Å². The Morgan fingerprint density at radius 3 is 2.53 bits per heavy atom. The van der Waals surface area contributed by atoms with Crippen molar-refractivity contribution in [3.63, 3.8) is 0 Å². The normalized spacial score (nSPS) is 10.9. The maximum Gasteiger partial charge on any atom is 0.0994 e. The quantitative estimate of drug-likeness (QED) is 0.747. The molecule has 0 radical (unpaired) electrons. The van der Waals surface area contributed by atoms with Gasteiger partial charge in [0.15, 0.2) is 0 Å². The number of unbranched alkanes of at least 4 members (excludes halogenated alkanes) is 2. The summed E-state index contributed by atoms with van der Waals surface area (Å²) in [4.78, 5) is 0. The second-order valence-corrected chi connectivity index (χ2v) is 3.87.